The smallest absolute Gasteiger partial charge is 0.254 e. The molecular weight excluding hydrogens is 268 g/mol. The first-order chi connectivity index (χ1) is 10.1. The predicted octanol–water partition coefficient (Wildman–Crippen LogP) is 1.80. The van der Waals surface area contributed by atoms with Gasteiger partial charge in [0.1, 0.15) is 0 Å². The van der Waals surface area contributed by atoms with E-state index in [0.717, 1.165) is 24.1 Å². The molecule has 1 aromatic carbocycles. The van der Waals surface area contributed by atoms with Crippen LogP contribution in [0.1, 0.15) is 42.6 Å². The number of amides is 2. The van der Waals surface area contributed by atoms with Crippen molar-refractivity contribution < 1.29 is 14.7 Å². The third-order valence-electron chi connectivity index (χ3n) is 3.97. The minimum atomic E-state index is -0.0956. The van der Waals surface area contributed by atoms with Gasteiger partial charge in [0, 0.05) is 23.8 Å². The molecule has 1 aliphatic heterocycles. The Morgan fingerprint density at radius 2 is 2.10 bits per heavy atom. The number of hydrogen-bond donors (Lipinski definition) is 2. The van der Waals surface area contributed by atoms with Crippen molar-refractivity contribution in [2.75, 3.05) is 18.5 Å². The van der Waals surface area contributed by atoms with Gasteiger partial charge in [0.25, 0.3) is 5.91 Å². The molecule has 0 aromatic heterocycles. The van der Waals surface area contributed by atoms with Crippen molar-refractivity contribution in [3.05, 3.63) is 29.3 Å². The van der Waals surface area contributed by atoms with Gasteiger partial charge in [-0.2, -0.15) is 0 Å². The van der Waals surface area contributed by atoms with Gasteiger partial charge in [0.2, 0.25) is 5.91 Å². The van der Waals surface area contributed by atoms with Gasteiger partial charge in [-0.05, 0) is 30.5 Å². The summed E-state index contributed by atoms with van der Waals surface area (Å²) < 4.78 is 0. The highest BCUT2D eigenvalue weighted by atomic mass is 16.3. The number of rotatable bonds is 6. The van der Waals surface area contributed by atoms with Crippen molar-refractivity contribution in [3.8, 4) is 0 Å². The fraction of sp³-hybridized carbons (Fsp3) is 0.500. The second-order valence-electron chi connectivity index (χ2n) is 5.29. The van der Waals surface area contributed by atoms with Gasteiger partial charge in [0.05, 0.1) is 13.0 Å². The van der Waals surface area contributed by atoms with Crippen LogP contribution in [0.4, 0.5) is 5.69 Å². The number of aliphatic hydroxyl groups is 1. The first kappa shape index (κ1) is 15.5. The molecule has 2 amide bonds. The number of benzene rings is 1. The largest absolute Gasteiger partial charge is 0.395 e. The van der Waals surface area contributed by atoms with E-state index in [9.17, 15) is 14.7 Å². The maximum absolute atomic E-state index is 12.7. The van der Waals surface area contributed by atoms with Gasteiger partial charge in [0.15, 0.2) is 0 Å². The zero-order chi connectivity index (χ0) is 15.4. The van der Waals surface area contributed by atoms with E-state index >= 15 is 0 Å². The minimum absolute atomic E-state index is 0.0400. The monoisotopic (exact) mass is 290 g/mol. The van der Waals surface area contributed by atoms with Gasteiger partial charge in [-0.25, -0.2) is 0 Å². The Labute approximate surface area is 125 Å². The standard InChI is InChI=1S/C16H22N2O3/c1-3-13(4-2)18(7-8-19)16(21)12-6-5-11-10-15(20)17-14(11)9-12/h5-6,9,13,19H,3-4,7-8,10H2,1-2H3,(H,17,20). The van der Waals surface area contributed by atoms with Gasteiger partial charge < -0.3 is 15.3 Å². The van der Waals surface area contributed by atoms with Crippen LogP contribution < -0.4 is 5.32 Å². The summed E-state index contributed by atoms with van der Waals surface area (Å²) in [6.45, 7) is 4.35. The molecule has 2 N–H and O–H groups in total. The number of carbonyl (C=O) groups excluding carboxylic acids is 2. The summed E-state index contributed by atoms with van der Waals surface area (Å²) in [5, 5.41) is 12.0. The maximum Gasteiger partial charge on any atom is 0.254 e. The molecule has 0 bridgehead atoms. The van der Waals surface area contributed by atoms with Gasteiger partial charge >= 0.3 is 0 Å². The Hall–Kier alpha value is -1.88. The molecule has 0 unspecified atom stereocenters. The van der Waals surface area contributed by atoms with Crippen LogP contribution in [0.15, 0.2) is 18.2 Å². The lowest BCUT2D eigenvalue weighted by molar-refractivity contribution is -0.115. The number of aliphatic hydroxyl groups excluding tert-OH is 1. The third kappa shape index (κ3) is 3.24. The predicted molar refractivity (Wildman–Crippen MR) is 81.3 cm³/mol. The van der Waals surface area contributed by atoms with E-state index < -0.39 is 0 Å². The first-order valence-electron chi connectivity index (χ1n) is 7.45. The Bertz CT molecular complexity index is 538. The molecule has 0 fully saturated rings. The Morgan fingerprint density at radius 1 is 1.38 bits per heavy atom. The Kier molecular flexibility index (Phi) is 4.96. The van der Waals surface area contributed by atoms with Crippen molar-refractivity contribution in [2.24, 2.45) is 0 Å². The lowest BCUT2D eigenvalue weighted by atomic mass is 10.1. The summed E-state index contributed by atoms with van der Waals surface area (Å²) >= 11 is 0. The van der Waals surface area contributed by atoms with Crippen molar-refractivity contribution in [3.63, 3.8) is 0 Å². The Morgan fingerprint density at radius 3 is 2.71 bits per heavy atom. The maximum atomic E-state index is 12.7. The number of hydrogen-bond acceptors (Lipinski definition) is 3. The lowest BCUT2D eigenvalue weighted by Gasteiger charge is -2.30. The van der Waals surface area contributed by atoms with Crippen LogP contribution >= 0.6 is 0 Å². The number of nitrogens with zero attached hydrogens (tertiary/aromatic N) is 1. The molecule has 0 aliphatic carbocycles. The SMILES string of the molecule is CCC(CC)N(CCO)C(=O)c1ccc2c(c1)NC(=O)C2. The highest BCUT2D eigenvalue weighted by Crippen LogP contribution is 2.25. The van der Waals surface area contributed by atoms with E-state index in [1.807, 2.05) is 19.9 Å². The molecule has 1 aliphatic rings. The second-order valence-corrected chi connectivity index (χ2v) is 5.29. The number of anilines is 1. The molecule has 2 rings (SSSR count). The van der Waals surface area contributed by atoms with Crippen molar-refractivity contribution >= 4 is 17.5 Å². The van der Waals surface area contributed by atoms with Crippen LogP contribution in [0.3, 0.4) is 0 Å². The van der Waals surface area contributed by atoms with E-state index in [0.29, 0.717) is 18.5 Å². The molecule has 0 atom stereocenters. The first-order valence-corrected chi connectivity index (χ1v) is 7.45. The summed E-state index contributed by atoms with van der Waals surface area (Å²) in [5.74, 6) is -0.136. The van der Waals surface area contributed by atoms with Crippen LogP contribution in [0, 0.1) is 0 Å². The molecule has 5 heteroatoms. The van der Waals surface area contributed by atoms with E-state index in [4.69, 9.17) is 0 Å². The third-order valence-corrected chi connectivity index (χ3v) is 3.97. The molecule has 1 aromatic rings. The molecule has 114 valence electrons. The molecule has 0 saturated carbocycles. The molecule has 0 saturated heterocycles. The zero-order valence-corrected chi connectivity index (χ0v) is 12.6. The topological polar surface area (TPSA) is 69.6 Å². The summed E-state index contributed by atoms with van der Waals surface area (Å²) in [7, 11) is 0. The van der Waals surface area contributed by atoms with Crippen LogP contribution in [-0.4, -0.2) is 41.0 Å². The second kappa shape index (κ2) is 6.72. The molecule has 5 nitrogen and oxygen atoms in total. The summed E-state index contributed by atoms with van der Waals surface area (Å²) in [4.78, 5) is 25.8. The lowest BCUT2D eigenvalue weighted by Crippen LogP contribution is -2.41. The normalized spacial score (nSPS) is 13.2. The fourth-order valence-corrected chi connectivity index (χ4v) is 2.80. The average Bonchev–Trinajstić information content (AvgIpc) is 2.85. The minimum Gasteiger partial charge on any atom is -0.395 e. The van der Waals surface area contributed by atoms with Crippen molar-refractivity contribution in [1.82, 2.24) is 4.90 Å². The van der Waals surface area contributed by atoms with E-state index in [1.54, 1.807) is 17.0 Å². The zero-order valence-electron chi connectivity index (χ0n) is 12.6. The molecular formula is C16H22N2O3. The van der Waals surface area contributed by atoms with Crippen LogP contribution in [0.5, 0.6) is 0 Å². The van der Waals surface area contributed by atoms with E-state index in [-0.39, 0.29) is 24.5 Å². The molecule has 21 heavy (non-hydrogen) atoms. The Balaban J connectivity index is 2.25. The van der Waals surface area contributed by atoms with E-state index in [2.05, 4.69) is 5.32 Å². The number of fused-ring (bicyclic) bond motifs is 1. The number of nitrogens with one attached hydrogen (secondary N) is 1. The quantitative estimate of drug-likeness (QED) is 0.839. The van der Waals surface area contributed by atoms with E-state index in [1.165, 1.54) is 0 Å². The summed E-state index contributed by atoms with van der Waals surface area (Å²) in [6.07, 6.45) is 2.07. The highest BCUT2D eigenvalue weighted by Gasteiger charge is 2.24. The fourth-order valence-electron chi connectivity index (χ4n) is 2.80. The van der Waals surface area contributed by atoms with Gasteiger partial charge in [-0.15, -0.1) is 0 Å². The molecule has 0 radical (unpaired) electrons. The van der Waals surface area contributed by atoms with Crippen molar-refractivity contribution in [2.45, 2.75) is 39.2 Å². The molecule has 0 spiro atoms. The van der Waals surface area contributed by atoms with Crippen molar-refractivity contribution in [1.29, 1.82) is 0 Å². The van der Waals surface area contributed by atoms with Crippen LogP contribution in [0.25, 0.3) is 0 Å². The van der Waals surface area contributed by atoms with Gasteiger partial charge in [-0.1, -0.05) is 19.9 Å². The van der Waals surface area contributed by atoms with Crippen LogP contribution in [0.2, 0.25) is 0 Å². The average molecular weight is 290 g/mol. The molecule has 1 heterocycles. The summed E-state index contributed by atoms with van der Waals surface area (Å²) in [5.41, 5.74) is 2.20. The van der Waals surface area contributed by atoms with Crippen LogP contribution in [-0.2, 0) is 11.2 Å². The van der Waals surface area contributed by atoms with Gasteiger partial charge in [-0.3, -0.25) is 9.59 Å². The highest BCUT2D eigenvalue weighted by molar-refractivity contribution is 6.02. The summed E-state index contributed by atoms with van der Waals surface area (Å²) in [6, 6.07) is 5.43. The number of carbonyl (C=O) groups is 2.